The quantitative estimate of drug-likeness (QED) is 0.766. The predicted molar refractivity (Wildman–Crippen MR) is 96.4 cm³/mol. The van der Waals surface area contributed by atoms with E-state index in [1.807, 2.05) is 23.7 Å². The van der Waals surface area contributed by atoms with Gasteiger partial charge in [0.25, 0.3) is 5.91 Å². The van der Waals surface area contributed by atoms with E-state index in [1.54, 1.807) is 12.4 Å². The molecule has 0 fully saturated rings. The molecule has 0 saturated heterocycles. The van der Waals surface area contributed by atoms with Crippen LogP contribution < -0.4 is 10.6 Å². The van der Waals surface area contributed by atoms with Gasteiger partial charge in [0, 0.05) is 30.7 Å². The number of nitrogens with one attached hydrogen (secondary N) is 2. The van der Waals surface area contributed by atoms with Crippen LogP contribution in [0, 0.1) is 0 Å². The van der Waals surface area contributed by atoms with E-state index in [4.69, 9.17) is 0 Å². The maximum atomic E-state index is 12.5. The minimum absolute atomic E-state index is 0.108. The van der Waals surface area contributed by atoms with Crippen LogP contribution in [-0.2, 0) is 13.0 Å². The van der Waals surface area contributed by atoms with E-state index in [0.717, 1.165) is 30.5 Å². The highest BCUT2D eigenvalue weighted by Gasteiger charge is 2.20. The van der Waals surface area contributed by atoms with E-state index >= 15 is 0 Å². The van der Waals surface area contributed by atoms with E-state index in [1.165, 1.54) is 11.1 Å². The lowest BCUT2D eigenvalue weighted by atomic mass is 9.94. The van der Waals surface area contributed by atoms with Gasteiger partial charge in [0.1, 0.15) is 0 Å². The molecule has 2 N–H and O–H groups in total. The van der Waals surface area contributed by atoms with E-state index in [9.17, 15) is 4.79 Å². The van der Waals surface area contributed by atoms with Gasteiger partial charge in [-0.25, -0.2) is 9.67 Å². The molecule has 1 aromatic carbocycles. The third-order valence-electron chi connectivity index (χ3n) is 4.72. The third kappa shape index (κ3) is 3.00. The lowest BCUT2D eigenvalue weighted by Crippen LogP contribution is -2.38. The van der Waals surface area contributed by atoms with Crippen molar-refractivity contribution >= 4 is 16.9 Å². The Kier molecular flexibility index (Phi) is 4.19. The molecule has 1 amide bonds. The normalized spacial score (nSPS) is 16.6. The monoisotopic (exact) mass is 335 g/mol. The molecule has 0 aliphatic carbocycles. The van der Waals surface area contributed by atoms with Crippen LogP contribution in [0.1, 0.15) is 34.5 Å². The highest BCUT2D eigenvalue weighted by atomic mass is 16.1. The van der Waals surface area contributed by atoms with Crippen molar-refractivity contribution in [2.24, 2.45) is 0 Å². The van der Waals surface area contributed by atoms with Crippen molar-refractivity contribution in [1.29, 1.82) is 0 Å². The third-order valence-corrected chi connectivity index (χ3v) is 4.72. The zero-order chi connectivity index (χ0) is 17.2. The molecule has 6 heteroatoms. The van der Waals surface area contributed by atoms with Gasteiger partial charge in [-0.05, 0) is 37.1 Å². The molecule has 3 heterocycles. The summed E-state index contributed by atoms with van der Waals surface area (Å²) in [6.45, 7) is 4.27. The topological polar surface area (TPSA) is 71.8 Å². The van der Waals surface area contributed by atoms with Gasteiger partial charge in [0.2, 0.25) is 0 Å². The van der Waals surface area contributed by atoms with Crippen LogP contribution in [0.2, 0.25) is 0 Å². The Morgan fingerprint density at radius 3 is 3.12 bits per heavy atom. The number of amides is 1. The fraction of sp³-hybridized carbons (Fsp3) is 0.316. The van der Waals surface area contributed by atoms with Crippen LogP contribution in [0.15, 0.2) is 42.7 Å². The maximum absolute atomic E-state index is 12.5. The molecular weight excluding hydrogens is 314 g/mol. The van der Waals surface area contributed by atoms with Crippen molar-refractivity contribution in [3.05, 3.63) is 59.4 Å². The number of aryl methyl sites for hydroxylation is 1. The maximum Gasteiger partial charge on any atom is 0.252 e. The minimum Gasteiger partial charge on any atom is -0.350 e. The van der Waals surface area contributed by atoms with Crippen molar-refractivity contribution < 1.29 is 4.79 Å². The molecule has 1 atom stereocenters. The first-order valence-electron chi connectivity index (χ1n) is 8.67. The number of pyridine rings is 1. The van der Waals surface area contributed by atoms with Crippen LogP contribution in [0.3, 0.4) is 0 Å². The summed E-state index contributed by atoms with van der Waals surface area (Å²) in [5.74, 6) is -0.108. The van der Waals surface area contributed by atoms with E-state index < -0.39 is 0 Å². The summed E-state index contributed by atoms with van der Waals surface area (Å²) < 4.78 is 1.82. The second-order valence-electron chi connectivity index (χ2n) is 6.26. The second kappa shape index (κ2) is 6.64. The molecule has 6 nitrogen and oxygen atoms in total. The summed E-state index contributed by atoms with van der Waals surface area (Å²) in [4.78, 5) is 16.9. The molecular formula is C19H21N5O. The number of aromatic nitrogens is 3. The van der Waals surface area contributed by atoms with Gasteiger partial charge < -0.3 is 10.6 Å². The standard InChI is InChI=1S/C19H21N5O/c1-2-24-18-14(11-23-24)9-15(10-21-18)19(25)22-12-17-16-6-4-3-5-13(16)7-8-20-17/h3-6,9-11,17,20H,2,7-8,12H2,1H3,(H,22,25). The van der Waals surface area contributed by atoms with Gasteiger partial charge >= 0.3 is 0 Å². The molecule has 2 aromatic heterocycles. The summed E-state index contributed by atoms with van der Waals surface area (Å²) in [6.07, 6.45) is 4.40. The van der Waals surface area contributed by atoms with Crippen molar-refractivity contribution in [3.8, 4) is 0 Å². The molecule has 4 rings (SSSR count). The smallest absolute Gasteiger partial charge is 0.252 e. The molecule has 3 aromatic rings. The van der Waals surface area contributed by atoms with E-state index in [2.05, 4.69) is 38.9 Å². The van der Waals surface area contributed by atoms with Crippen molar-refractivity contribution in [1.82, 2.24) is 25.4 Å². The number of hydrogen-bond donors (Lipinski definition) is 2. The Labute approximate surface area is 146 Å². The van der Waals surface area contributed by atoms with Crippen molar-refractivity contribution in [3.63, 3.8) is 0 Å². The largest absolute Gasteiger partial charge is 0.350 e. The van der Waals surface area contributed by atoms with E-state index in [-0.39, 0.29) is 11.9 Å². The van der Waals surface area contributed by atoms with E-state index in [0.29, 0.717) is 12.1 Å². The average Bonchev–Trinajstić information content (AvgIpc) is 3.08. The van der Waals surface area contributed by atoms with Crippen molar-refractivity contribution in [2.45, 2.75) is 25.9 Å². The number of fused-ring (bicyclic) bond motifs is 2. The van der Waals surface area contributed by atoms with Crippen LogP contribution >= 0.6 is 0 Å². The first kappa shape index (κ1) is 15.8. The summed E-state index contributed by atoms with van der Waals surface area (Å²) in [7, 11) is 0. The Bertz CT molecular complexity index is 917. The second-order valence-corrected chi connectivity index (χ2v) is 6.26. The lowest BCUT2D eigenvalue weighted by Gasteiger charge is -2.27. The Morgan fingerprint density at radius 1 is 1.36 bits per heavy atom. The summed E-state index contributed by atoms with van der Waals surface area (Å²) >= 11 is 0. The number of hydrogen-bond acceptors (Lipinski definition) is 4. The van der Waals surface area contributed by atoms with Gasteiger partial charge in [-0.1, -0.05) is 24.3 Å². The Morgan fingerprint density at radius 2 is 2.24 bits per heavy atom. The van der Waals surface area contributed by atoms with Crippen LogP contribution in [0.4, 0.5) is 0 Å². The summed E-state index contributed by atoms with van der Waals surface area (Å²) in [6, 6.07) is 10.4. The number of rotatable bonds is 4. The number of carbonyl (C=O) groups excluding carboxylic acids is 1. The molecule has 1 unspecified atom stereocenters. The average molecular weight is 335 g/mol. The molecule has 0 radical (unpaired) electrons. The zero-order valence-corrected chi connectivity index (χ0v) is 14.2. The fourth-order valence-corrected chi connectivity index (χ4v) is 3.40. The predicted octanol–water partition coefficient (Wildman–Crippen LogP) is 2.07. The lowest BCUT2D eigenvalue weighted by molar-refractivity contribution is 0.0949. The van der Waals surface area contributed by atoms with Gasteiger partial charge in [0.05, 0.1) is 11.8 Å². The number of carbonyl (C=O) groups is 1. The van der Waals surface area contributed by atoms with Crippen LogP contribution in [-0.4, -0.2) is 33.8 Å². The minimum atomic E-state index is -0.108. The molecule has 0 saturated carbocycles. The molecule has 1 aliphatic heterocycles. The molecule has 0 spiro atoms. The molecule has 1 aliphatic rings. The number of nitrogens with zero attached hydrogens (tertiary/aromatic N) is 3. The SMILES string of the molecule is CCn1ncc2cc(C(=O)NCC3NCCc4ccccc43)cnc21. The van der Waals surface area contributed by atoms with Gasteiger partial charge in [0.15, 0.2) is 5.65 Å². The summed E-state index contributed by atoms with van der Waals surface area (Å²) in [5, 5.41) is 11.7. The van der Waals surface area contributed by atoms with Crippen LogP contribution in [0.25, 0.3) is 11.0 Å². The first-order valence-corrected chi connectivity index (χ1v) is 8.67. The van der Waals surface area contributed by atoms with Crippen LogP contribution in [0.5, 0.6) is 0 Å². The Hall–Kier alpha value is -2.73. The molecule has 128 valence electrons. The molecule has 0 bridgehead atoms. The van der Waals surface area contributed by atoms with Crippen molar-refractivity contribution in [2.75, 3.05) is 13.1 Å². The van der Waals surface area contributed by atoms with Gasteiger partial charge in [-0.2, -0.15) is 5.10 Å². The number of benzene rings is 1. The summed E-state index contributed by atoms with van der Waals surface area (Å²) in [5.41, 5.74) is 4.00. The first-order chi connectivity index (χ1) is 12.3. The Balaban J connectivity index is 1.48. The zero-order valence-electron chi connectivity index (χ0n) is 14.2. The molecule has 25 heavy (non-hydrogen) atoms. The highest BCUT2D eigenvalue weighted by molar-refractivity contribution is 5.96. The van der Waals surface area contributed by atoms with Gasteiger partial charge in [-0.3, -0.25) is 4.79 Å². The fourth-order valence-electron chi connectivity index (χ4n) is 3.40. The highest BCUT2D eigenvalue weighted by Crippen LogP contribution is 2.22. The van der Waals surface area contributed by atoms with Gasteiger partial charge in [-0.15, -0.1) is 0 Å².